The summed E-state index contributed by atoms with van der Waals surface area (Å²) in [6, 6.07) is 15.9. The molecule has 2 N–H and O–H groups in total. The molecule has 2 aromatic rings. The molecule has 2 aromatic carbocycles. The summed E-state index contributed by atoms with van der Waals surface area (Å²) in [5.74, 6) is -1.30. The number of aromatic carboxylic acids is 1. The standard InChI is InChI=1S/C17H17NO3/c1-12(10-13-6-3-2-4-7-13)18-16(19)14-8-5-9-15(11-14)17(20)21/h2-9,11-12H,10H2,1H3,(H,18,19)(H,20,21). The Bertz CT molecular complexity index is 637. The van der Waals surface area contributed by atoms with E-state index in [9.17, 15) is 9.59 Å². The van der Waals surface area contributed by atoms with Gasteiger partial charge >= 0.3 is 5.97 Å². The second-order valence-electron chi connectivity index (χ2n) is 4.95. The smallest absolute Gasteiger partial charge is 0.335 e. The topological polar surface area (TPSA) is 66.4 Å². The van der Waals surface area contributed by atoms with Crippen LogP contribution in [0.4, 0.5) is 0 Å². The molecule has 2 rings (SSSR count). The molecule has 1 atom stereocenters. The number of amides is 1. The second kappa shape index (κ2) is 6.70. The molecule has 0 aromatic heterocycles. The fourth-order valence-corrected chi connectivity index (χ4v) is 2.12. The Morgan fingerprint density at radius 3 is 2.38 bits per heavy atom. The number of carbonyl (C=O) groups is 2. The summed E-state index contributed by atoms with van der Waals surface area (Å²) in [5.41, 5.74) is 1.61. The molecule has 0 saturated heterocycles. The van der Waals surface area contributed by atoms with E-state index in [1.54, 1.807) is 12.1 Å². The van der Waals surface area contributed by atoms with Gasteiger partial charge in [0.2, 0.25) is 0 Å². The van der Waals surface area contributed by atoms with Crippen molar-refractivity contribution in [3.8, 4) is 0 Å². The van der Waals surface area contributed by atoms with Gasteiger partial charge < -0.3 is 10.4 Å². The molecule has 4 nitrogen and oxygen atoms in total. The van der Waals surface area contributed by atoms with Gasteiger partial charge in [0.05, 0.1) is 5.56 Å². The molecule has 0 radical (unpaired) electrons. The van der Waals surface area contributed by atoms with Crippen molar-refractivity contribution in [2.45, 2.75) is 19.4 Å². The maximum absolute atomic E-state index is 12.1. The summed E-state index contributed by atoms with van der Waals surface area (Å²) in [6.45, 7) is 1.92. The number of hydrogen-bond donors (Lipinski definition) is 2. The van der Waals surface area contributed by atoms with Crippen LogP contribution in [0, 0.1) is 0 Å². The SMILES string of the molecule is CC(Cc1ccccc1)NC(=O)c1cccc(C(=O)O)c1. The van der Waals surface area contributed by atoms with E-state index in [1.807, 2.05) is 37.3 Å². The van der Waals surface area contributed by atoms with Crippen molar-refractivity contribution < 1.29 is 14.7 Å². The Hall–Kier alpha value is -2.62. The number of benzene rings is 2. The van der Waals surface area contributed by atoms with E-state index < -0.39 is 5.97 Å². The summed E-state index contributed by atoms with van der Waals surface area (Å²) in [5, 5.41) is 11.8. The summed E-state index contributed by atoms with van der Waals surface area (Å²) in [7, 11) is 0. The van der Waals surface area contributed by atoms with E-state index in [4.69, 9.17) is 5.11 Å². The van der Waals surface area contributed by atoms with Crippen LogP contribution in [0.25, 0.3) is 0 Å². The van der Waals surface area contributed by atoms with Gasteiger partial charge in [0.1, 0.15) is 0 Å². The Morgan fingerprint density at radius 1 is 1.05 bits per heavy atom. The number of rotatable bonds is 5. The van der Waals surface area contributed by atoms with Crippen LogP contribution in [0.15, 0.2) is 54.6 Å². The first-order valence-corrected chi connectivity index (χ1v) is 6.74. The summed E-state index contributed by atoms with van der Waals surface area (Å²) < 4.78 is 0. The van der Waals surface area contributed by atoms with Gasteiger partial charge in [-0.1, -0.05) is 36.4 Å². The predicted molar refractivity (Wildman–Crippen MR) is 80.5 cm³/mol. The van der Waals surface area contributed by atoms with Crippen molar-refractivity contribution in [3.05, 3.63) is 71.3 Å². The maximum atomic E-state index is 12.1. The fourth-order valence-electron chi connectivity index (χ4n) is 2.12. The molecule has 0 spiro atoms. The Kier molecular flexibility index (Phi) is 4.72. The van der Waals surface area contributed by atoms with E-state index in [1.165, 1.54) is 12.1 Å². The highest BCUT2D eigenvalue weighted by molar-refractivity contribution is 5.97. The van der Waals surface area contributed by atoms with Crippen LogP contribution in [0.2, 0.25) is 0 Å². The first-order chi connectivity index (χ1) is 10.1. The van der Waals surface area contributed by atoms with Crippen molar-refractivity contribution in [1.29, 1.82) is 0 Å². The Labute approximate surface area is 123 Å². The van der Waals surface area contributed by atoms with E-state index in [0.29, 0.717) is 5.56 Å². The number of carbonyl (C=O) groups excluding carboxylic acids is 1. The third-order valence-electron chi connectivity index (χ3n) is 3.13. The lowest BCUT2D eigenvalue weighted by atomic mass is 10.1. The van der Waals surface area contributed by atoms with Crippen molar-refractivity contribution in [3.63, 3.8) is 0 Å². The molecule has 0 aliphatic heterocycles. The Morgan fingerprint density at radius 2 is 1.71 bits per heavy atom. The van der Waals surface area contributed by atoms with Crippen LogP contribution in [0.3, 0.4) is 0 Å². The van der Waals surface area contributed by atoms with Crippen molar-refractivity contribution >= 4 is 11.9 Å². The lowest BCUT2D eigenvalue weighted by Crippen LogP contribution is -2.34. The first-order valence-electron chi connectivity index (χ1n) is 6.74. The molecule has 0 saturated carbocycles. The molecular formula is C17H17NO3. The van der Waals surface area contributed by atoms with Gasteiger partial charge in [0.15, 0.2) is 0 Å². The molecule has 1 unspecified atom stereocenters. The average Bonchev–Trinajstić information content (AvgIpc) is 2.48. The van der Waals surface area contributed by atoms with E-state index in [-0.39, 0.29) is 17.5 Å². The zero-order valence-electron chi connectivity index (χ0n) is 11.7. The minimum Gasteiger partial charge on any atom is -0.478 e. The molecule has 0 aliphatic rings. The van der Waals surface area contributed by atoms with Crippen molar-refractivity contribution in [2.75, 3.05) is 0 Å². The highest BCUT2D eigenvalue weighted by Gasteiger charge is 2.12. The highest BCUT2D eigenvalue weighted by atomic mass is 16.4. The van der Waals surface area contributed by atoms with Gasteiger partial charge in [-0.2, -0.15) is 0 Å². The minimum absolute atomic E-state index is 0.0339. The molecule has 4 heteroatoms. The molecule has 0 aliphatic carbocycles. The normalized spacial score (nSPS) is 11.7. The number of carboxylic acid groups (broad SMARTS) is 1. The third-order valence-corrected chi connectivity index (χ3v) is 3.13. The number of carboxylic acids is 1. The van der Waals surface area contributed by atoms with Crippen LogP contribution >= 0.6 is 0 Å². The van der Waals surface area contributed by atoms with Gasteiger partial charge in [0.25, 0.3) is 5.91 Å². The van der Waals surface area contributed by atoms with Gasteiger partial charge in [-0.05, 0) is 37.1 Å². The monoisotopic (exact) mass is 283 g/mol. The molecule has 0 heterocycles. The van der Waals surface area contributed by atoms with Gasteiger partial charge in [-0.25, -0.2) is 4.79 Å². The summed E-state index contributed by atoms with van der Waals surface area (Å²) in [6.07, 6.45) is 0.727. The largest absolute Gasteiger partial charge is 0.478 e. The summed E-state index contributed by atoms with van der Waals surface area (Å²) in [4.78, 5) is 23.0. The summed E-state index contributed by atoms with van der Waals surface area (Å²) >= 11 is 0. The van der Waals surface area contributed by atoms with Crippen LogP contribution < -0.4 is 5.32 Å². The van der Waals surface area contributed by atoms with E-state index >= 15 is 0 Å². The average molecular weight is 283 g/mol. The molecule has 0 fully saturated rings. The van der Waals surface area contributed by atoms with Gasteiger partial charge in [-0.3, -0.25) is 4.79 Å². The van der Waals surface area contributed by atoms with E-state index in [2.05, 4.69) is 5.32 Å². The zero-order valence-corrected chi connectivity index (χ0v) is 11.7. The van der Waals surface area contributed by atoms with E-state index in [0.717, 1.165) is 12.0 Å². The fraction of sp³-hybridized carbons (Fsp3) is 0.176. The quantitative estimate of drug-likeness (QED) is 0.886. The van der Waals surface area contributed by atoms with Crippen LogP contribution in [-0.4, -0.2) is 23.0 Å². The van der Waals surface area contributed by atoms with Crippen LogP contribution in [0.1, 0.15) is 33.2 Å². The number of hydrogen-bond acceptors (Lipinski definition) is 2. The van der Waals surface area contributed by atoms with Crippen molar-refractivity contribution in [2.24, 2.45) is 0 Å². The zero-order chi connectivity index (χ0) is 15.2. The maximum Gasteiger partial charge on any atom is 0.335 e. The molecule has 21 heavy (non-hydrogen) atoms. The first kappa shape index (κ1) is 14.8. The third kappa shape index (κ3) is 4.18. The molecule has 108 valence electrons. The Balaban J connectivity index is 2.01. The lowest BCUT2D eigenvalue weighted by molar-refractivity contribution is 0.0697. The highest BCUT2D eigenvalue weighted by Crippen LogP contribution is 2.07. The molecule has 0 bridgehead atoms. The van der Waals surface area contributed by atoms with Gasteiger partial charge in [0, 0.05) is 11.6 Å². The van der Waals surface area contributed by atoms with Crippen LogP contribution in [-0.2, 0) is 6.42 Å². The molecule has 1 amide bonds. The van der Waals surface area contributed by atoms with Crippen molar-refractivity contribution in [1.82, 2.24) is 5.32 Å². The molecular weight excluding hydrogens is 266 g/mol. The second-order valence-corrected chi connectivity index (χ2v) is 4.95. The number of nitrogens with one attached hydrogen (secondary N) is 1. The minimum atomic E-state index is -1.04. The predicted octanol–water partition coefficient (Wildman–Crippen LogP) is 2.75. The van der Waals surface area contributed by atoms with Gasteiger partial charge in [-0.15, -0.1) is 0 Å². The van der Waals surface area contributed by atoms with Crippen LogP contribution in [0.5, 0.6) is 0 Å². The lowest BCUT2D eigenvalue weighted by Gasteiger charge is -2.14.